The number of carbonyl (C=O) groups excluding carboxylic acids is 1. The third-order valence-electron chi connectivity index (χ3n) is 3.41. The van der Waals surface area contributed by atoms with E-state index >= 15 is 0 Å². The number of rotatable bonds is 5. The molecule has 5 nitrogen and oxygen atoms in total. The number of benzene rings is 1. The Balaban J connectivity index is 1.57. The highest BCUT2D eigenvalue weighted by atomic mass is 32.2. The lowest BCUT2D eigenvalue weighted by molar-refractivity contribution is 0.102. The largest absolute Gasteiger partial charge is 0.320 e. The molecule has 0 unspecified atom stereocenters. The molecule has 4 rings (SSSR count). The molecule has 0 bridgehead atoms. The SMILES string of the molecule is Cc1nc(-c2cccs2)sc1C(=O)Nc1ccccc1Sc1nncs1. The molecule has 0 fully saturated rings. The van der Waals surface area contributed by atoms with Crippen molar-refractivity contribution in [2.45, 2.75) is 16.2 Å². The first kappa shape index (κ1) is 17.3. The first-order chi connectivity index (χ1) is 12.7. The second-order valence-corrected chi connectivity index (χ2v) is 9.24. The summed E-state index contributed by atoms with van der Waals surface area (Å²) in [6.07, 6.45) is 0. The van der Waals surface area contributed by atoms with Gasteiger partial charge in [-0.2, -0.15) is 0 Å². The summed E-state index contributed by atoms with van der Waals surface area (Å²) in [6.45, 7) is 1.87. The number of thiophene rings is 1. The first-order valence-electron chi connectivity index (χ1n) is 7.56. The Morgan fingerprint density at radius 2 is 2.04 bits per heavy atom. The van der Waals surface area contributed by atoms with Crippen molar-refractivity contribution in [2.75, 3.05) is 5.32 Å². The number of nitrogens with one attached hydrogen (secondary N) is 1. The Bertz CT molecular complexity index is 1030. The molecule has 130 valence electrons. The molecular formula is C17H12N4OS4. The number of anilines is 1. The van der Waals surface area contributed by atoms with E-state index in [4.69, 9.17) is 0 Å². The van der Waals surface area contributed by atoms with Crippen LogP contribution in [0.2, 0.25) is 0 Å². The van der Waals surface area contributed by atoms with Crippen LogP contribution in [0, 0.1) is 6.92 Å². The molecule has 1 amide bonds. The fraction of sp³-hybridized carbons (Fsp3) is 0.0588. The molecule has 0 aliphatic heterocycles. The number of hydrogen-bond acceptors (Lipinski definition) is 8. The van der Waals surface area contributed by atoms with E-state index in [1.54, 1.807) is 16.8 Å². The predicted molar refractivity (Wildman–Crippen MR) is 109 cm³/mol. The van der Waals surface area contributed by atoms with Gasteiger partial charge in [0.25, 0.3) is 5.91 Å². The molecular weight excluding hydrogens is 404 g/mol. The molecule has 0 spiro atoms. The molecule has 26 heavy (non-hydrogen) atoms. The lowest BCUT2D eigenvalue weighted by Gasteiger charge is -2.08. The van der Waals surface area contributed by atoms with Gasteiger partial charge < -0.3 is 5.32 Å². The van der Waals surface area contributed by atoms with Crippen molar-refractivity contribution in [1.29, 1.82) is 0 Å². The summed E-state index contributed by atoms with van der Waals surface area (Å²) in [7, 11) is 0. The number of hydrogen-bond donors (Lipinski definition) is 1. The second-order valence-electron chi connectivity index (χ2n) is 5.17. The molecule has 0 radical (unpaired) electrons. The average molecular weight is 417 g/mol. The van der Waals surface area contributed by atoms with E-state index in [9.17, 15) is 4.79 Å². The van der Waals surface area contributed by atoms with Crippen LogP contribution in [0.15, 0.2) is 56.5 Å². The Labute approximate surface area is 166 Å². The fourth-order valence-electron chi connectivity index (χ4n) is 2.25. The Morgan fingerprint density at radius 3 is 2.81 bits per heavy atom. The summed E-state index contributed by atoms with van der Waals surface area (Å²) in [6, 6.07) is 11.7. The van der Waals surface area contributed by atoms with Gasteiger partial charge in [0.05, 0.1) is 16.3 Å². The normalized spacial score (nSPS) is 10.8. The summed E-state index contributed by atoms with van der Waals surface area (Å²) in [5.74, 6) is -0.145. The highest BCUT2D eigenvalue weighted by Crippen LogP contribution is 2.35. The van der Waals surface area contributed by atoms with E-state index < -0.39 is 0 Å². The van der Waals surface area contributed by atoms with Crippen LogP contribution < -0.4 is 5.32 Å². The average Bonchev–Trinajstić information content (AvgIpc) is 3.37. The van der Waals surface area contributed by atoms with Crippen molar-refractivity contribution >= 4 is 57.4 Å². The molecule has 3 aromatic heterocycles. The molecule has 0 aliphatic carbocycles. The zero-order valence-electron chi connectivity index (χ0n) is 13.5. The van der Waals surface area contributed by atoms with Crippen molar-refractivity contribution in [1.82, 2.24) is 15.2 Å². The quantitative estimate of drug-likeness (QED) is 0.469. The van der Waals surface area contributed by atoms with Gasteiger partial charge in [-0.05, 0) is 30.5 Å². The van der Waals surface area contributed by atoms with Gasteiger partial charge in [0.15, 0.2) is 4.34 Å². The number of thiazole rings is 1. The van der Waals surface area contributed by atoms with E-state index in [1.165, 1.54) is 34.4 Å². The monoisotopic (exact) mass is 416 g/mol. The number of aromatic nitrogens is 3. The molecule has 3 heterocycles. The Morgan fingerprint density at radius 1 is 1.15 bits per heavy atom. The van der Waals surface area contributed by atoms with Gasteiger partial charge in [-0.15, -0.1) is 32.9 Å². The molecule has 0 atom stereocenters. The van der Waals surface area contributed by atoms with Gasteiger partial charge >= 0.3 is 0 Å². The van der Waals surface area contributed by atoms with Gasteiger partial charge in [0.1, 0.15) is 15.4 Å². The second kappa shape index (κ2) is 7.67. The summed E-state index contributed by atoms with van der Waals surface area (Å²) < 4.78 is 0.834. The van der Waals surface area contributed by atoms with Crippen LogP contribution in [0.3, 0.4) is 0 Å². The minimum Gasteiger partial charge on any atom is -0.320 e. The van der Waals surface area contributed by atoms with Crippen molar-refractivity contribution in [3.8, 4) is 9.88 Å². The minimum absolute atomic E-state index is 0.145. The third kappa shape index (κ3) is 3.70. The smallest absolute Gasteiger partial charge is 0.267 e. The van der Waals surface area contributed by atoms with Gasteiger partial charge in [-0.25, -0.2) is 4.98 Å². The third-order valence-corrected chi connectivity index (χ3v) is 7.46. The summed E-state index contributed by atoms with van der Waals surface area (Å²) in [5, 5.41) is 13.8. The standard InChI is InChI=1S/C17H12N4OS4/c1-10-14(26-16(19-10)13-7-4-8-23-13)15(22)20-11-5-2-3-6-12(11)25-17-21-18-9-24-17/h2-9H,1H3,(H,20,22). The van der Waals surface area contributed by atoms with Crippen LogP contribution >= 0.6 is 45.8 Å². The van der Waals surface area contributed by atoms with Gasteiger partial charge in [-0.3, -0.25) is 4.79 Å². The highest BCUT2D eigenvalue weighted by molar-refractivity contribution is 8.01. The van der Waals surface area contributed by atoms with Crippen LogP contribution in [0.25, 0.3) is 9.88 Å². The van der Waals surface area contributed by atoms with Crippen LogP contribution in [0.4, 0.5) is 5.69 Å². The van der Waals surface area contributed by atoms with Gasteiger partial charge in [-0.1, -0.05) is 41.3 Å². The van der Waals surface area contributed by atoms with Crippen molar-refractivity contribution in [3.63, 3.8) is 0 Å². The van der Waals surface area contributed by atoms with Crippen molar-refractivity contribution < 1.29 is 4.79 Å². The number of para-hydroxylation sites is 1. The topological polar surface area (TPSA) is 67.8 Å². The maximum atomic E-state index is 12.8. The van der Waals surface area contributed by atoms with E-state index in [0.29, 0.717) is 4.88 Å². The molecule has 4 aromatic rings. The fourth-order valence-corrected chi connectivity index (χ4v) is 5.53. The molecule has 0 aliphatic rings. The molecule has 1 N–H and O–H groups in total. The van der Waals surface area contributed by atoms with Crippen molar-refractivity contribution in [3.05, 3.63) is 57.9 Å². The number of aryl methyl sites for hydroxylation is 1. The predicted octanol–water partition coefficient (Wildman–Crippen LogP) is 5.44. The number of carbonyl (C=O) groups is 1. The number of nitrogens with zero attached hydrogens (tertiary/aromatic N) is 3. The van der Waals surface area contributed by atoms with Crippen LogP contribution in [-0.2, 0) is 0 Å². The van der Waals surface area contributed by atoms with Crippen LogP contribution in [0.5, 0.6) is 0 Å². The lowest BCUT2D eigenvalue weighted by atomic mass is 10.3. The molecule has 1 aromatic carbocycles. The molecule has 9 heteroatoms. The first-order valence-corrected chi connectivity index (χ1v) is 11.0. The minimum atomic E-state index is -0.145. The van der Waals surface area contributed by atoms with Gasteiger partial charge in [0.2, 0.25) is 0 Å². The van der Waals surface area contributed by atoms with Gasteiger partial charge in [0, 0.05) is 4.90 Å². The Kier molecular flexibility index (Phi) is 5.11. The van der Waals surface area contributed by atoms with E-state index in [1.807, 2.05) is 48.7 Å². The zero-order valence-corrected chi connectivity index (χ0v) is 16.8. The number of amides is 1. The van der Waals surface area contributed by atoms with E-state index in [0.717, 1.165) is 30.5 Å². The lowest BCUT2D eigenvalue weighted by Crippen LogP contribution is -2.12. The summed E-state index contributed by atoms with van der Waals surface area (Å²) >= 11 is 5.99. The molecule has 0 saturated carbocycles. The van der Waals surface area contributed by atoms with Crippen LogP contribution in [-0.4, -0.2) is 21.1 Å². The van der Waals surface area contributed by atoms with E-state index in [-0.39, 0.29) is 5.91 Å². The van der Waals surface area contributed by atoms with E-state index in [2.05, 4.69) is 20.5 Å². The van der Waals surface area contributed by atoms with Crippen molar-refractivity contribution in [2.24, 2.45) is 0 Å². The Hall–Kier alpha value is -2.07. The highest BCUT2D eigenvalue weighted by Gasteiger charge is 2.18. The zero-order chi connectivity index (χ0) is 17.9. The maximum absolute atomic E-state index is 12.8. The van der Waals surface area contributed by atoms with Crippen LogP contribution in [0.1, 0.15) is 15.4 Å². The molecule has 0 saturated heterocycles. The maximum Gasteiger partial charge on any atom is 0.267 e. The summed E-state index contributed by atoms with van der Waals surface area (Å²) in [5.41, 5.74) is 3.18. The summed E-state index contributed by atoms with van der Waals surface area (Å²) in [4.78, 5) is 20.0.